The highest BCUT2D eigenvalue weighted by Gasteiger charge is 2.35. The van der Waals surface area contributed by atoms with Crippen LogP contribution in [-0.2, 0) is 4.74 Å². The Hall–Kier alpha value is -3.21. The van der Waals surface area contributed by atoms with E-state index in [-0.39, 0.29) is 23.0 Å². The quantitative estimate of drug-likeness (QED) is 0.743. The Morgan fingerprint density at radius 1 is 1.04 bits per heavy atom. The molecule has 1 aliphatic carbocycles. The Morgan fingerprint density at radius 2 is 1.71 bits per heavy atom. The monoisotopic (exact) mass is 318 g/mol. The minimum Gasteiger partial charge on any atom is -0.488 e. The molecule has 0 unspecified atom stereocenters. The number of allylic oxidation sites excluding steroid dienone is 2. The zero-order chi connectivity index (χ0) is 16.7. The van der Waals surface area contributed by atoms with E-state index in [1.54, 1.807) is 31.5 Å². The minimum atomic E-state index is -0.277. The van der Waals surface area contributed by atoms with Crippen LogP contribution in [-0.4, -0.2) is 27.7 Å². The summed E-state index contributed by atoms with van der Waals surface area (Å²) >= 11 is 0. The fourth-order valence-corrected chi connectivity index (χ4v) is 2.98. The van der Waals surface area contributed by atoms with Gasteiger partial charge in [-0.05, 0) is 29.8 Å². The van der Waals surface area contributed by atoms with Gasteiger partial charge in [0.25, 0.3) is 0 Å². The second-order valence-corrected chi connectivity index (χ2v) is 5.48. The summed E-state index contributed by atoms with van der Waals surface area (Å²) in [5, 5.41) is 1.83. The average Bonchev–Trinajstić information content (AvgIpc) is 3.12. The number of aromatic nitrogens is 2. The molecule has 0 bridgehead atoms. The smallest absolute Gasteiger partial charge is 0.230 e. The number of carbonyl (C=O) groups is 2. The molecule has 1 aliphatic rings. The van der Waals surface area contributed by atoms with Crippen LogP contribution < -0.4 is 0 Å². The Balaban J connectivity index is 1.99. The highest BCUT2D eigenvalue weighted by Crippen LogP contribution is 2.32. The molecular weight excluding hydrogens is 304 g/mol. The first-order valence-electron chi connectivity index (χ1n) is 7.68. The van der Waals surface area contributed by atoms with Gasteiger partial charge < -0.3 is 4.74 Å². The Morgan fingerprint density at radius 3 is 2.29 bits per heavy atom. The lowest BCUT2D eigenvalue weighted by molar-refractivity contribution is 0.0896. The number of nitrogens with zero attached hydrogens (tertiary/aromatic N) is 2. The first-order valence-corrected chi connectivity index (χ1v) is 7.68. The van der Waals surface area contributed by atoms with Gasteiger partial charge in [-0.2, -0.15) is 0 Å². The summed E-state index contributed by atoms with van der Waals surface area (Å²) in [7, 11) is 0. The highest BCUT2D eigenvalue weighted by atomic mass is 16.5. The van der Waals surface area contributed by atoms with Crippen LogP contribution in [0.3, 0.4) is 0 Å². The molecule has 1 aromatic heterocycles. The topological polar surface area (TPSA) is 61.2 Å². The van der Waals surface area contributed by atoms with Crippen molar-refractivity contribution in [2.24, 2.45) is 0 Å². The van der Waals surface area contributed by atoms with Gasteiger partial charge in [0, 0.05) is 23.5 Å². The molecule has 3 aromatic rings. The van der Waals surface area contributed by atoms with E-state index < -0.39 is 0 Å². The third-order valence-corrected chi connectivity index (χ3v) is 4.06. The molecule has 5 heteroatoms. The lowest BCUT2D eigenvalue weighted by Gasteiger charge is -2.21. The third kappa shape index (κ3) is 2.06. The summed E-state index contributed by atoms with van der Waals surface area (Å²) in [5.74, 6) is -0.444. The van der Waals surface area contributed by atoms with Crippen LogP contribution in [0.4, 0.5) is 0 Å². The third-order valence-electron chi connectivity index (χ3n) is 4.06. The molecule has 0 saturated heterocycles. The molecule has 0 atom stereocenters. The minimum absolute atomic E-state index is 0.0725. The SMILES string of the molecule is CCOC1=C(n2ccnc2)C(=O)c2cc3ccccc3cc2C1=O. The van der Waals surface area contributed by atoms with Crippen LogP contribution in [0.25, 0.3) is 16.5 Å². The fraction of sp³-hybridized carbons (Fsp3) is 0.105. The standard InChI is InChI=1S/C19H14N2O3/c1-2-24-19-16(21-8-7-20-11-21)17(22)14-9-12-5-3-4-6-13(12)10-15(14)18(19)23/h3-11H,2H2,1H3. The maximum absolute atomic E-state index is 13.1. The summed E-state index contributed by atoms with van der Waals surface area (Å²) < 4.78 is 7.06. The number of hydrogen-bond acceptors (Lipinski definition) is 4. The maximum Gasteiger partial charge on any atom is 0.230 e. The molecule has 24 heavy (non-hydrogen) atoms. The van der Waals surface area contributed by atoms with Crippen molar-refractivity contribution < 1.29 is 14.3 Å². The molecule has 2 aromatic carbocycles. The molecule has 5 nitrogen and oxygen atoms in total. The number of Topliss-reactive ketones (excluding diaryl/α,β-unsaturated/α-hetero) is 2. The van der Waals surface area contributed by atoms with Crippen LogP contribution in [0.1, 0.15) is 27.6 Å². The molecule has 118 valence electrons. The Bertz CT molecular complexity index is 1000. The zero-order valence-corrected chi connectivity index (χ0v) is 13.0. The molecule has 0 amide bonds. The average molecular weight is 318 g/mol. The summed E-state index contributed by atoms with van der Waals surface area (Å²) in [5.41, 5.74) is 0.985. The molecule has 4 rings (SSSR count). The molecular formula is C19H14N2O3. The second kappa shape index (κ2) is 5.45. The van der Waals surface area contributed by atoms with Crippen molar-refractivity contribution in [3.8, 4) is 0 Å². The molecule has 0 radical (unpaired) electrons. The summed E-state index contributed by atoms with van der Waals surface area (Å²) in [6.45, 7) is 2.08. The van der Waals surface area contributed by atoms with Crippen LogP contribution in [0.5, 0.6) is 0 Å². The molecule has 0 aliphatic heterocycles. The summed E-state index contributed by atoms with van der Waals surface area (Å²) in [6, 6.07) is 11.2. The van der Waals surface area contributed by atoms with Gasteiger partial charge in [0.05, 0.1) is 12.9 Å². The van der Waals surface area contributed by atoms with Gasteiger partial charge in [-0.1, -0.05) is 24.3 Å². The van der Waals surface area contributed by atoms with Crippen LogP contribution in [0.2, 0.25) is 0 Å². The first kappa shape index (κ1) is 14.4. The Kier molecular flexibility index (Phi) is 3.27. The predicted molar refractivity (Wildman–Crippen MR) is 89.7 cm³/mol. The summed E-state index contributed by atoms with van der Waals surface area (Å²) in [6.07, 6.45) is 4.68. The van der Waals surface area contributed by atoms with E-state index in [0.29, 0.717) is 17.7 Å². The molecule has 0 N–H and O–H groups in total. The number of hydrogen-bond donors (Lipinski definition) is 0. The van der Waals surface area contributed by atoms with Crippen molar-refractivity contribution in [2.75, 3.05) is 6.61 Å². The number of carbonyl (C=O) groups excluding carboxylic acids is 2. The number of benzene rings is 2. The number of imidazole rings is 1. The van der Waals surface area contributed by atoms with Gasteiger partial charge in [-0.25, -0.2) is 4.98 Å². The first-order chi connectivity index (χ1) is 11.7. The van der Waals surface area contributed by atoms with Crippen LogP contribution in [0.15, 0.2) is 60.9 Å². The van der Waals surface area contributed by atoms with E-state index >= 15 is 0 Å². The predicted octanol–water partition coefficient (Wildman–Crippen LogP) is 3.32. The lowest BCUT2D eigenvalue weighted by Crippen LogP contribution is -2.25. The van der Waals surface area contributed by atoms with Crippen LogP contribution in [0, 0.1) is 0 Å². The van der Waals surface area contributed by atoms with Crippen molar-refractivity contribution in [1.29, 1.82) is 0 Å². The Labute approximate surface area is 138 Å². The van der Waals surface area contributed by atoms with Crippen molar-refractivity contribution in [2.45, 2.75) is 6.92 Å². The van der Waals surface area contributed by atoms with Gasteiger partial charge >= 0.3 is 0 Å². The van der Waals surface area contributed by atoms with E-state index in [4.69, 9.17) is 4.74 Å². The largest absolute Gasteiger partial charge is 0.488 e. The molecule has 0 saturated carbocycles. The van der Waals surface area contributed by atoms with Crippen molar-refractivity contribution in [1.82, 2.24) is 9.55 Å². The number of ether oxygens (including phenoxy) is 1. The fourth-order valence-electron chi connectivity index (χ4n) is 2.98. The highest BCUT2D eigenvalue weighted by molar-refractivity contribution is 6.37. The van der Waals surface area contributed by atoms with E-state index in [9.17, 15) is 9.59 Å². The lowest BCUT2D eigenvalue weighted by atomic mass is 9.88. The molecule has 1 heterocycles. The number of fused-ring (bicyclic) bond motifs is 2. The van der Waals surface area contributed by atoms with E-state index in [1.165, 1.54) is 10.9 Å². The molecule has 0 spiro atoms. The van der Waals surface area contributed by atoms with Gasteiger partial charge in [0.1, 0.15) is 5.70 Å². The zero-order valence-electron chi connectivity index (χ0n) is 13.0. The van der Waals surface area contributed by atoms with Crippen molar-refractivity contribution in [3.05, 3.63) is 72.0 Å². The van der Waals surface area contributed by atoms with E-state index in [0.717, 1.165) is 10.8 Å². The van der Waals surface area contributed by atoms with E-state index in [2.05, 4.69) is 4.98 Å². The van der Waals surface area contributed by atoms with Crippen molar-refractivity contribution in [3.63, 3.8) is 0 Å². The number of rotatable bonds is 3. The second-order valence-electron chi connectivity index (χ2n) is 5.48. The van der Waals surface area contributed by atoms with Crippen molar-refractivity contribution >= 4 is 28.0 Å². The van der Waals surface area contributed by atoms with Gasteiger partial charge in [0.15, 0.2) is 5.76 Å². The van der Waals surface area contributed by atoms with Gasteiger partial charge in [-0.15, -0.1) is 0 Å². The maximum atomic E-state index is 13.1. The van der Waals surface area contributed by atoms with Crippen LogP contribution >= 0.6 is 0 Å². The van der Waals surface area contributed by atoms with E-state index in [1.807, 2.05) is 24.3 Å². The number of ketones is 2. The summed E-state index contributed by atoms with van der Waals surface area (Å²) in [4.78, 5) is 30.0. The van der Waals surface area contributed by atoms with Gasteiger partial charge in [0.2, 0.25) is 11.6 Å². The molecule has 0 fully saturated rings. The normalized spacial score (nSPS) is 14.2. The van der Waals surface area contributed by atoms with Gasteiger partial charge in [-0.3, -0.25) is 14.2 Å².